The fraction of sp³-hybridized carbons (Fsp3) is 0.250. The topological polar surface area (TPSA) is 53.9 Å². The molecular weight excluding hydrogens is 398 g/mol. The van der Waals surface area contributed by atoms with E-state index >= 15 is 0 Å². The molecule has 1 aliphatic rings. The van der Waals surface area contributed by atoms with Gasteiger partial charge in [-0.15, -0.1) is 0 Å². The lowest BCUT2D eigenvalue weighted by Crippen LogP contribution is -2.36. The van der Waals surface area contributed by atoms with Crippen LogP contribution in [0.5, 0.6) is 0 Å². The number of likely N-dealkylation sites (tertiary alicyclic amines) is 1. The van der Waals surface area contributed by atoms with E-state index in [4.69, 9.17) is 0 Å². The molecule has 0 spiro atoms. The van der Waals surface area contributed by atoms with Gasteiger partial charge in [-0.05, 0) is 66.4 Å². The van der Waals surface area contributed by atoms with Gasteiger partial charge in [0.25, 0.3) is 0 Å². The van der Waals surface area contributed by atoms with Crippen molar-refractivity contribution in [1.29, 1.82) is 0 Å². The monoisotopic (exact) mass is 420 g/mol. The van der Waals surface area contributed by atoms with E-state index in [2.05, 4.69) is 14.9 Å². The molecule has 1 saturated heterocycles. The number of pyridine rings is 1. The number of aromatic amines is 1. The third-order valence-electron chi connectivity index (χ3n) is 5.98. The normalized spacial score (nSPS) is 15.5. The van der Waals surface area contributed by atoms with Gasteiger partial charge in [-0.25, -0.2) is 13.6 Å². The van der Waals surface area contributed by atoms with E-state index in [1.165, 1.54) is 24.3 Å². The summed E-state index contributed by atoms with van der Waals surface area (Å²) in [5, 5.41) is 0. The molecule has 2 aromatic carbocycles. The zero-order chi connectivity index (χ0) is 21.4. The minimum Gasteiger partial charge on any atom is -0.305 e. The fourth-order valence-corrected chi connectivity index (χ4v) is 4.42. The van der Waals surface area contributed by atoms with Gasteiger partial charge in [0.2, 0.25) is 0 Å². The summed E-state index contributed by atoms with van der Waals surface area (Å²) >= 11 is 0. The molecule has 5 rings (SSSR count). The van der Waals surface area contributed by atoms with Crippen molar-refractivity contribution in [3.05, 3.63) is 88.6 Å². The Morgan fingerprint density at radius 1 is 0.935 bits per heavy atom. The van der Waals surface area contributed by atoms with Crippen LogP contribution in [-0.2, 0) is 6.54 Å². The summed E-state index contributed by atoms with van der Waals surface area (Å²) in [7, 11) is 0. The lowest BCUT2D eigenvalue weighted by molar-refractivity contribution is 0.178. The Morgan fingerprint density at radius 2 is 1.68 bits per heavy atom. The van der Waals surface area contributed by atoms with E-state index in [0.29, 0.717) is 5.52 Å². The molecule has 7 heteroatoms. The minimum absolute atomic E-state index is 0.0847. The molecule has 158 valence electrons. The summed E-state index contributed by atoms with van der Waals surface area (Å²) in [6, 6.07) is 14.9. The second kappa shape index (κ2) is 8.07. The van der Waals surface area contributed by atoms with E-state index in [1.807, 2.05) is 12.1 Å². The molecule has 31 heavy (non-hydrogen) atoms. The van der Waals surface area contributed by atoms with E-state index in [-0.39, 0.29) is 23.4 Å². The van der Waals surface area contributed by atoms with Gasteiger partial charge in [0.15, 0.2) is 0 Å². The summed E-state index contributed by atoms with van der Waals surface area (Å²) in [4.78, 5) is 22.0. The average Bonchev–Trinajstić information content (AvgIpc) is 3.10. The molecule has 1 fully saturated rings. The summed E-state index contributed by atoms with van der Waals surface area (Å²) < 4.78 is 28.4. The van der Waals surface area contributed by atoms with Gasteiger partial charge < -0.3 is 4.98 Å². The lowest BCUT2D eigenvalue weighted by atomic mass is 10.0. The van der Waals surface area contributed by atoms with Crippen molar-refractivity contribution in [2.75, 3.05) is 13.1 Å². The smallest absolute Gasteiger partial charge is 0.305 e. The van der Waals surface area contributed by atoms with Gasteiger partial charge >= 0.3 is 5.69 Å². The van der Waals surface area contributed by atoms with Crippen molar-refractivity contribution in [2.24, 2.45) is 0 Å². The molecule has 0 unspecified atom stereocenters. The van der Waals surface area contributed by atoms with Gasteiger partial charge in [-0.1, -0.05) is 12.1 Å². The molecule has 2 aromatic heterocycles. The largest absolute Gasteiger partial charge is 0.326 e. The van der Waals surface area contributed by atoms with E-state index in [1.54, 1.807) is 29.0 Å². The molecule has 1 N–H and O–H groups in total. The highest BCUT2D eigenvalue weighted by molar-refractivity contribution is 5.75. The van der Waals surface area contributed by atoms with Gasteiger partial charge in [-0.2, -0.15) is 0 Å². The van der Waals surface area contributed by atoms with Crippen molar-refractivity contribution in [1.82, 2.24) is 19.4 Å². The number of benzene rings is 2. The van der Waals surface area contributed by atoms with Crippen LogP contribution in [0.1, 0.15) is 24.6 Å². The van der Waals surface area contributed by atoms with E-state index in [9.17, 15) is 13.6 Å². The maximum atomic E-state index is 13.5. The van der Waals surface area contributed by atoms with Crippen LogP contribution in [0.2, 0.25) is 0 Å². The zero-order valence-corrected chi connectivity index (χ0v) is 16.9. The van der Waals surface area contributed by atoms with Gasteiger partial charge in [0, 0.05) is 31.9 Å². The van der Waals surface area contributed by atoms with Crippen LogP contribution in [0.4, 0.5) is 8.78 Å². The SMILES string of the molecule is O=c1[nH]c2cc(F)ccc2n1C1CCN(Cc2cc(-c3ccc(F)cc3)ccn2)CC1. The van der Waals surface area contributed by atoms with Crippen LogP contribution >= 0.6 is 0 Å². The van der Waals surface area contributed by atoms with Crippen LogP contribution in [-0.4, -0.2) is 32.5 Å². The fourth-order valence-electron chi connectivity index (χ4n) is 4.42. The second-order valence-corrected chi connectivity index (χ2v) is 8.01. The van der Waals surface area contributed by atoms with Crippen LogP contribution in [0.25, 0.3) is 22.2 Å². The summed E-state index contributed by atoms with van der Waals surface area (Å²) in [5.41, 5.74) is 4.02. The summed E-state index contributed by atoms with van der Waals surface area (Å²) in [5.74, 6) is -0.605. The Kier molecular flexibility index (Phi) is 5.11. The maximum absolute atomic E-state index is 13.5. The van der Waals surface area contributed by atoms with Crippen LogP contribution in [0.15, 0.2) is 65.6 Å². The summed E-state index contributed by atoms with van der Waals surface area (Å²) in [6.45, 7) is 2.40. The van der Waals surface area contributed by atoms with Crippen LogP contribution in [0.3, 0.4) is 0 Å². The second-order valence-electron chi connectivity index (χ2n) is 8.01. The number of piperidine rings is 1. The third-order valence-corrected chi connectivity index (χ3v) is 5.98. The van der Waals surface area contributed by atoms with Crippen molar-refractivity contribution in [3.8, 4) is 11.1 Å². The quantitative estimate of drug-likeness (QED) is 0.529. The molecule has 5 nitrogen and oxygen atoms in total. The van der Waals surface area contributed by atoms with E-state index in [0.717, 1.165) is 54.8 Å². The van der Waals surface area contributed by atoms with Crippen molar-refractivity contribution < 1.29 is 8.78 Å². The summed E-state index contributed by atoms with van der Waals surface area (Å²) in [6.07, 6.45) is 3.45. The Morgan fingerprint density at radius 3 is 2.45 bits per heavy atom. The molecule has 0 radical (unpaired) electrons. The first kappa shape index (κ1) is 19.6. The number of nitrogens with one attached hydrogen (secondary N) is 1. The Balaban J connectivity index is 1.28. The van der Waals surface area contributed by atoms with E-state index < -0.39 is 0 Å². The number of aromatic nitrogens is 3. The molecule has 0 atom stereocenters. The standard InChI is InChI=1S/C24H22F2N4O/c25-18-3-1-16(2-4-18)17-7-10-27-20(13-17)15-29-11-8-21(9-12-29)30-23-6-5-19(26)14-22(23)28-24(30)31/h1-7,10,13-14,21H,8-9,11-12,15H2,(H,28,31). The zero-order valence-electron chi connectivity index (χ0n) is 16.9. The number of halogens is 2. The predicted molar refractivity (Wildman–Crippen MR) is 116 cm³/mol. The Hall–Kier alpha value is -3.32. The molecule has 4 aromatic rings. The Bertz CT molecular complexity index is 1270. The molecule has 0 bridgehead atoms. The first-order chi connectivity index (χ1) is 15.1. The molecule has 1 aliphatic heterocycles. The average molecular weight is 420 g/mol. The highest BCUT2D eigenvalue weighted by Crippen LogP contribution is 2.26. The Labute approximate surface area is 178 Å². The minimum atomic E-state index is -0.355. The molecule has 3 heterocycles. The third kappa shape index (κ3) is 4.01. The number of nitrogens with zero attached hydrogens (tertiary/aromatic N) is 3. The highest BCUT2D eigenvalue weighted by atomic mass is 19.1. The number of H-pyrrole nitrogens is 1. The molecular formula is C24H22F2N4O. The van der Waals surface area contributed by atoms with Crippen LogP contribution < -0.4 is 5.69 Å². The van der Waals surface area contributed by atoms with Gasteiger partial charge in [-0.3, -0.25) is 14.5 Å². The molecule has 0 aliphatic carbocycles. The van der Waals surface area contributed by atoms with Crippen molar-refractivity contribution in [2.45, 2.75) is 25.4 Å². The maximum Gasteiger partial charge on any atom is 0.326 e. The number of hydrogen-bond acceptors (Lipinski definition) is 3. The van der Waals surface area contributed by atoms with Crippen LogP contribution in [0, 0.1) is 11.6 Å². The molecule has 0 saturated carbocycles. The number of hydrogen-bond donors (Lipinski definition) is 1. The number of imidazole rings is 1. The number of fused-ring (bicyclic) bond motifs is 1. The highest BCUT2D eigenvalue weighted by Gasteiger charge is 2.24. The first-order valence-corrected chi connectivity index (χ1v) is 10.4. The first-order valence-electron chi connectivity index (χ1n) is 10.4. The van der Waals surface area contributed by atoms with Crippen molar-refractivity contribution in [3.63, 3.8) is 0 Å². The predicted octanol–water partition coefficient (Wildman–Crippen LogP) is 4.51. The van der Waals surface area contributed by atoms with Crippen molar-refractivity contribution >= 4 is 11.0 Å². The lowest BCUT2D eigenvalue weighted by Gasteiger charge is -2.32. The molecule has 0 amide bonds. The van der Waals surface area contributed by atoms with Gasteiger partial charge in [0.05, 0.1) is 16.7 Å². The number of rotatable bonds is 4. The van der Waals surface area contributed by atoms with Gasteiger partial charge in [0.1, 0.15) is 11.6 Å².